The summed E-state index contributed by atoms with van der Waals surface area (Å²) in [6.45, 7) is 14.0. The lowest BCUT2D eigenvalue weighted by molar-refractivity contribution is -0.134. The summed E-state index contributed by atoms with van der Waals surface area (Å²) in [5, 5.41) is 0. The second kappa shape index (κ2) is 8.33. The van der Waals surface area contributed by atoms with Crippen LogP contribution in [0.25, 0.3) is 11.6 Å². The Kier molecular flexibility index (Phi) is 6.13. The lowest BCUT2D eigenvalue weighted by Crippen LogP contribution is -2.33. The monoisotopic (exact) mass is 420 g/mol. The molecule has 0 radical (unpaired) electrons. The molecule has 0 atom stereocenters. The highest BCUT2D eigenvalue weighted by Gasteiger charge is 2.36. The molecule has 164 valence electrons. The summed E-state index contributed by atoms with van der Waals surface area (Å²) in [7, 11) is 0. The van der Waals surface area contributed by atoms with Crippen molar-refractivity contribution in [3.05, 3.63) is 58.7 Å². The van der Waals surface area contributed by atoms with Crippen molar-refractivity contribution >= 4 is 23.6 Å². The van der Waals surface area contributed by atoms with Gasteiger partial charge in [-0.25, -0.2) is 0 Å². The normalized spacial score (nSPS) is 16.9. The number of allylic oxidation sites excluding steroid dienone is 1. The van der Waals surface area contributed by atoms with Crippen LogP contribution in [-0.2, 0) is 20.4 Å². The third-order valence-electron chi connectivity index (χ3n) is 6.17. The van der Waals surface area contributed by atoms with Crippen molar-refractivity contribution in [2.24, 2.45) is 0 Å². The van der Waals surface area contributed by atoms with Gasteiger partial charge in [0.2, 0.25) is 0 Å². The lowest BCUT2D eigenvalue weighted by atomic mass is 9.63. The van der Waals surface area contributed by atoms with Crippen molar-refractivity contribution in [3.8, 4) is 11.5 Å². The zero-order chi connectivity index (χ0) is 23.0. The van der Waals surface area contributed by atoms with Crippen molar-refractivity contribution in [2.45, 2.75) is 72.1 Å². The molecule has 0 aliphatic heterocycles. The van der Waals surface area contributed by atoms with E-state index in [4.69, 9.17) is 9.47 Å². The third-order valence-corrected chi connectivity index (χ3v) is 6.17. The van der Waals surface area contributed by atoms with Crippen LogP contribution >= 0.6 is 0 Å². The first kappa shape index (κ1) is 22.8. The van der Waals surface area contributed by atoms with Gasteiger partial charge in [0.25, 0.3) is 0 Å². The molecular weight excluding hydrogens is 388 g/mol. The van der Waals surface area contributed by atoms with E-state index in [1.54, 1.807) is 12.1 Å². The van der Waals surface area contributed by atoms with Crippen LogP contribution < -0.4 is 9.47 Å². The smallest absolute Gasteiger partial charge is 0.308 e. The highest BCUT2D eigenvalue weighted by molar-refractivity contribution is 5.82. The number of fused-ring (bicyclic) bond motifs is 1. The largest absolute Gasteiger partial charge is 0.423 e. The zero-order valence-corrected chi connectivity index (χ0v) is 19.6. The molecule has 0 aromatic heterocycles. The molecule has 4 heteroatoms. The first-order valence-corrected chi connectivity index (χ1v) is 10.7. The fourth-order valence-electron chi connectivity index (χ4n) is 4.26. The van der Waals surface area contributed by atoms with Crippen molar-refractivity contribution < 1.29 is 19.1 Å². The van der Waals surface area contributed by atoms with Gasteiger partial charge < -0.3 is 9.47 Å². The molecule has 1 aliphatic carbocycles. The van der Waals surface area contributed by atoms with Gasteiger partial charge in [-0.3, -0.25) is 9.59 Å². The fourth-order valence-corrected chi connectivity index (χ4v) is 4.26. The van der Waals surface area contributed by atoms with Gasteiger partial charge in [-0.1, -0.05) is 58.0 Å². The molecule has 0 bridgehead atoms. The van der Waals surface area contributed by atoms with E-state index in [0.29, 0.717) is 0 Å². The second-order valence-electron chi connectivity index (χ2n) is 9.75. The Labute approximate surface area is 185 Å². The van der Waals surface area contributed by atoms with E-state index >= 15 is 0 Å². The van der Waals surface area contributed by atoms with Crippen LogP contribution in [0.5, 0.6) is 11.5 Å². The van der Waals surface area contributed by atoms with Crippen LogP contribution in [0.1, 0.15) is 83.6 Å². The van der Waals surface area contributed by atoms with Crippen LogP contribution in [0.3, 0.4) is 0 Å². The Morgan fingerprint density at radius 2 is 1.35 bits per heavy atom. The van der Waals surface area contributed by atoms with E-state index < -0.39 is 11.9 Å². The first-order chi connectivity index (χ1) is 14.4. The Balaban J connectivity index is 2.00. The molecule has 3 rings (SSSR count). The highest BCUT2D eigenvalue weighted by atomic mass is 16.6. The SMILES string of the molecule is CC(=O)Oc1ccc(C=C(C)c2ccc3c(c2)C(C)(C)CCC3(C)C)cc1OC(C)=O. The molecule has 0 N–H and O–H groups in total. The summed E-state index contributed by atoms with van der Waals surface area (Å²) in [5.41, 5.74) is 6.32. The lowest BCUT2D eigenvalue weighted by Gasteiger charge is -2.42. The molecule has 31 heavy (non-hydrogen) atoms. The van der Waals surface area contributed by atoms with E-state index in [9.17, 15) is 9.59 Å². The zero-order valence-electron chi connectivity index (χ0n) is 19.6. The summed E-state index contributed by atoms with van der Waals surface area (Å²) in [6, 6.07) is 12.0. The van der Waals surface area contributed by atoms with Crippen LogP contribution in [-0.4, -0.2) is 11.9 Å². The van der Waals surface area contributed by atoms with Crippen LogP contribution in [0.15, 0.2) is 36.4 Å². The van der Waals surface area contributed by atoms with Gasteiger partial charge in [0.05, 0.1) is 0 Å². The minimum absolute atomic E-state index is 0.148. The van der Waals surface area contributed by atoms with E-state index in [0.717, 1.165) is 11.1 Å². The summed E-state index contributed by atoms with van der Waals surface area (Å²) >= 11 is 0. The number of hydrogen-bond acceptors (Lipinski definition) is 4. The average molecular weight is 421 g/mol. The number of rotatable bonds is 4. The van der Waals surface area contributed by atoms with E-state index in [1.165, 1.54) is 43.4 Å². The molecule has 0 heterocycles. The standard InChI is InChI=1S/C27H32O4/c1-17(14-20-8-11-24(30-18(2)28)25(15-20)31-19(3)29)21-9-10-22-23(16-21)27(6,7)13-12-26(22,4)5/h8-11,14-16H,12-13H2,1-7H3. The van der Waals surface area contributed by atoms with Crippen LogP contribution in [0.2, 0.25) is 0 Å². The molecule has 0 amide bonds. The molecule has 0 spiro atoms. The van der Waals surface area contributed by atoms with Crippen molar-refractivity contribution in [1.82, 2.24) is 0 Å². The summed E-state index contributed by atoms with van der Waals surface area (Å²) in [5.74, 6) is -0.467. The number of carbonyl (C=O) groups excluding carboxylic acids is 2. The maximum absolute atomic E-state index is 11.5. The van der Waals surface area contributed by atoms with Gasteiger partial charge in [-0.15, -0.1) is 0 Å². The van der Waals surface area contributed by atoms with Gasteiger partial charge in [-0.05, 0) is 70.6 Å². The Morgan fingerprint density at radius 3 is 1.97 bits per heavy atom. The molecule has 2 aromatic rings. The van der Waals surface area contributed by atoms with Gasteiger partial charge in [0.15, 0.2) is 11.5 Å². The molecule has 2 aromatic carbocycles. The Bertz CT molecular complexity index is 1060. The first-order valence-electron chi connectivity index (χ1n) is 10.7. The minimum Gasteiger partial charge on any atom is -0.423 e. The quantitative estimate of drug-likeness (QED) is 0.324. The number of ether oxygens (including phenoxy) is 2. The molecule has 1 aliphatic rings. The minimum atomic E-state index is -0.467. The number of esters is 2. The summed E-state index contributed by atoms with van der Waals surface area (Å²) in [6.07, 6.45) is 4.41. The van der Waals surface area contributed by atoms with E-state index in [2.05, 4.69) is 52.8 Å². The second-order valence-corrected chi connectivity index (χ2v) is 9.75. The predicted molar refractivity (Wildman–Crippen MR) is 124 cm³/mol. The van der Waals surface area contributed by atoms with E-state index in [-0.39, 0.29) is 22.3 Å². The Hall–Kier alpha value is -2.88. The maximum Gasteiger partial charge on any atom is 0.308 e. The molecule has 0 fully saturated rings. The fraction of sp³-hybridized carbons (Fsp3) is 0.407. The van der Waals surface area contributed by atoms with Gasteiger partial charge >= 0.3 is 11.9 Å². The van der Waals surface area contributed by atoms with E-state index in [1.807, 2.05) is 12.1 Å². The topological polar surface area (TPSA) is 52.6 Å². The number of carbonyl (C=O) groups is 2. The van der Waals surface area contributed by atoms with Gasteiger partial charge in [-0.2, -0.15) is 0 Å². The van der Waals surface area contributed by atoms with Gasteiger partial charge in [0, 0.05) is 13.8 Å². The molecule has 0 saturated carbocycles. The molecule has 0 saturated heterocycles. The van der Waals surface area contributed by atoms with Crippen molar-refractivity contribution in [3.63, 3.8) is 0 Å². The average Bonchev–Trinajstić information content (AvgIpc) is 2.66. The molecular formula is C27H32O4. The molecule has 0 unspecified atom stereocenters. The van der Waals surface area contributed by atoms with Crippen LogP contribution in [0, 0.1) is 0 Å². The highest BCUT2D eigenvalue weighted by Crippen LogP contribution is 2.46. The van der Waals surface area contributed by atoms with Crippen molar-refractivity contribution in [1.29, 1.82) is 0 Å². The third kappa shape index (κ3) is 5.07. The Morgan fingerprint density at radius 1 is 0.774 bits per heavy atom. The van der Waals surface area contributed by atoms with Gasteiger partial charge in [0.1, 0.15) is 0 Å². The summed E-state index contributed by atoms with van der Waals surface area (Å²) < 4.78 is 10.4. The predicted octanol–water partition coefficient (Wildman–Crippen LogP) is 6.45. The summed E-state index contributed by atoms with van der Waals surface area (Å²) in [4.78, 5) is 22.8. The number of benzene rings is 2. The maximum atomic E-state index is 11.5. The van der Waals surface area contributed by atoms with Crippen molar-refractivity contribution in [2.75, 3.05) is 0 Å². The number of hydrogen-bond donors (Lipinski definition) is 0. The van der Waals surface area contributed by atoms with Crippen LogP contribution in [0.4, 0.5) is 0 Å². The molecule has 4 nitrogen and oxygen atoms in total.